The van der Waals surface area contributed by atoms with Gasteiger partial charge in [0.1, 0.15) is 17.7 Å². The van der Waals surface area contributed by atoms with E-state index in [0.29, 0.717) is 33.6 Å². The Kier molecular flexibility index (Phi) is 4.38. The second-order valence-electron chi connectivity index (χ2n) is 6.57. The zero-order chi connectivity index (χ0) is 19.9. The third-order valence-corrected chi connectivity index (χ3v) is 5.31. The molecule has 4 rings (SSSR count). The van der Waals surface area contributed by atoms with Gasteiger partial charge in [0.05, 0.1) is 17.4 Å². The number of nitrogens with zero attached hydrogens (tertiary/aromatic N) is 1. The summed E-state index contributed by atoms with van der Waals surface area (Å²) in [5, 5.41) is 14.7. The standard InChI is InChI=1S/C21H15FN2O3S/c22-16-5-1-3-14(10-16)21-18-9-13(12-28(24,25)26)7-8-17(18)20-15(11-23)4-2-6-19(20)27-21/h1-10,21H,12H2,(H2,24,25,26). The van der Waals surface area contributed by atoms with Crippen LogP contribution >= 0.6 is 0 Å². The minimum absolute atomic E-state index is 0.330. The Morgan fingerprint density at radius 1 is 1.11 bits per heavy atom. The molecule has 0 saturated carbocycles. The molecular formula is C21H15FN2O3S. The van der Waals surface area contributed by atoms with E-state index in [1.165, 1.54) is 12.1 Å². The first-order chi connectivity index (χ1) is 13.4. The van der Waals surface area contributed by atoms with Gasteiger partial charge in [-0.1, -0.05) is 36.4 Å². The summed E-state index contributed by atoms with van der Waals surface area (Å²) >= 11 is 0. The Labute approximate surface area is 161 Å². The van der Waals surface area contributed by atoms with Gasteiger partial charge in [0.15, 0.2) is 0 Å². The van der Waals surface area contributed by atoms with Crippen molar-refractivity contribution in [3.63, 3.8) is 0 Å². The fourth-order valence-corrected chi connectivity index (χ4v) is 4.13. The van der Waals surface area contributed by atoms with Crippen LogP contribution in [0.15, 0.2) is 60.7 Å². The number of halogens is 1. The number of primary sulfonamides is 1. The van der Waals surface area contributed by atoms with Crippen molar-refractivity contribution in [2.24, 2.45) is 5.14 Å². The number of hydrogen-bond acceptors (Lipinski definition) is 4. The molecule has 140 valence electrons. The summed E-state index contributed by atoms with van der Waals surface area (Å²) in [5.74, 6) is -0.219. The van der Waals surface area contributed by atoms with Crippen molar-refractivity contribution in [2.45, 2.75) is 11.9 Å². The molecule has 5 nitrogen and oxygen atoms in total. The second kappa shape index (κ2) is 6.75. The SMILES string of the molecule is N#Cc1cccc2c1-c1ccc(CS(N)(=O)=O)cc1C(c1cccc(F)c1)O2. The molecule has 1 aliphatic rings. The second-order valence-corrected chi connectivity index (χ2v) is 8.19. The third kappa shape index (κ3) is 3.36. The van der Waals surface area contributed by atoms with Gasteiger partial charge in [-0.05, 0) is 41.0 Å². The zero-order valence-electron chi connectivity index (χ0n) is 14.6. The molecule has 0 bridgehead atoms. The van der Waals surface area contributed by atoms with Gasteiger partial charge in [-0.3, -0.25) is 0 Å². The van der Waals surface area contributed by atoms with E-state index in [1.807, 2.05) is 0 Å². The molecule has 28 heavy (non-hydrogen) atoms. The first kappa shape index (κ1) is 18.2. The number of fused-ring (bicyclic) bond motifs is 3. The van der Waals surface area contributed by atoms with Crippen molar-refractivity contribution in [1.82, 2.24) is 0 Å². The van der Waals surface area contributed by atoms with Crippen LogP contribution in [0.4, 0.5) is 4.39 Å². The van der Waals surface area contributed by atoms with Crippen LogP contribution < -0.4 is 9.88 Å². The monoisotopic (exact) mass is 394 g/mol. The predicted octanol–water partition coefficient (Wildman–Crippen LogP) is 3.63. The van der Waals surface area contributed by atoms with E-state index in [1.54, 1.807) is 48.5 Å². The van der Waals surface area contributed by atoms with E-state index in [0.717, 1.165) is 5.56 Å². The van der Waals surface area contributed by atoms with Crippen LogP contribution in [0.5, 0.6) is 5.75 Å². The number of hydrogen-bond donors (Lipinski definition) is 1. The molecule has 1 aliphatic heterocycles. The van der Waals surface area contributed by atoms with Gasteiger partial charge in [0, 0.05) is 11.1 Å². The Balaban J connectivity index is 1.95. The molecule has 2 N–H and O–H groups in total. The van der Waals surface area contributed by atoms with E-state index >= 15 is 0 Å². The lowest BCUT2D eigenvalue weighted by molar-refractivity contribution is 0.243. The van der Waals surface area contributed by atoms with Gasteiger partial charge in [-0.25, -0.2) is 17.9 Å². The molecule has 7 heteroatoms. The number of nitrogens with two attached hydrogens (primary N) is 1. The van der Waals surface area contributed by atoms with Crippen LogP contribution in [-0.2, 0) is 15.8 Å². The maximum absolute atomic E-state index is 13.8. The van der Waals surface area contributed by atoms with Crippen molar-refractivity contribution < 1.29 is 17.5 Å². The highest BCUT2D eigenvalue weighted by atomic mass is 32.2. The first-order valence-electron chi connectivity index (χ1n) is 8.44. The molecule has 1 unspecified atom stereocenters. The lowest BCUT2D eigenvalue weighted by Gasteiger charge is -2.30. The Hall–Kier alpha value is -3.21. The number of ether oxygens (including phenoxy) is 1. The van der Waals surface area contributed by atoms with Crippen molar-refractivity contribution >= 4 is 10.0 Å². The number of sulfonamides is 1. The summed E-state index contributed by atoms with van der Waals surface area (Å²) in [6.07, 6.45) is -0.646. The fourth-order valence-electron chi connectivity index (χ4n) is 3.49. The molecule has 1 atom stereocenters. The summed E-state index contributed by atoms with van der Waals surface area (Å²) in [4.78, 5) is 0. The normalized spacial score (nSPS) is 15.1. The predicted molar refractivity (Wildman–Crippen MR) is 102 cm³/mol. The van der Waals surface area contributed by atoms with E-state index in [4.69, 9.17) is 9.88 Å². The Bertz CT molecular complexity index is 1230. The summed E-state index contributed by atoms with van der Waals surface area (Å²) < 4.78 is 43.0. The fraction of sp³-hybridized carbons (Fsp3) is 0.0952. The minimum atomic E-state index is -3.72. The Morgan fingerprint density at radius 3 is 2.61 bits per heavy atom. The van der Waals surface area contributed by atoms with Crippen LogP contribution in [0.25, 0.3) is 11.1 Å². The van der Waals surface area contributed by atoms with Gasteiger partial charge in [-0.15, -0.1) is 0 Å². The van der Waals surface area contributed by atoms with Gasteiger partial charge in [0.2, 0.25) is 10.0 Å². The summed E-state index contributed by atoms with van der Waals surface area (Å²) in [6, 6.07) is 18.5. The van der Waals surface area contributed by atoms with Gasteiger partial charge in [-0.2, -0.15) is 5.26 Å². The lowest BCUT2D eigenvalue weighted by Crippen LogP contribution is -2.18. The quantitative estimate of drug-likeness (QED) is 0.734. The van der Waals surface area contributed by atoms with E-state index in [2.05, 4.69) is 6.07 Å². The van der Waals surface area contributed by atoms with Crippen LogP contribution in [0.1, 0.15) is 28.4 Å². The molecule has 0 aliphatic carbocycles. The molecule has 3 aromatic carbocycles. The largest absolute Gasteiger partial charge is 0.480 e. The average molecular weight is 394 g/mol. The van der Waals surface area contributed by atoms with Crippen molar-refractivity contribution in [2.75, 3.05) is 0 Å². The molecular weight excluding hydrogens is 379 g/mol. The van der Waals surface area contributed by atoms with Crippen molar-refractivity contribution in [3.8, 4) is 22.9 Å². The lowest BCUT2D eigenvalue weighted by atomic mass is 9.86. The molecule has 0 saturated heterocycles. The van der Waals surface area contributed by atoms with E-state index in [-0.39, 0.29) is 5.75 Å². The first-order valence-corrected chi connectivity index (χ1v) is 10.2. The smallest absolute Gasteiger partial charge is 0.213 e. The van der Waals surface area contributed by atoms with Crippen LogP contribution in [0.3, 0.4) is 0 Å². The number of rotatable bonds is 3. The van der Waals surface area contributed by atoms with Crippen molar-refractivity contribution in [1.29, 1.82) is 5.26 Å². The highest BCUT2D eigenvalue weighted by molar-refractivity contribution is 7.88. The maximum Gasteiger partial charge on any atom is 0.213 e. The highest BCUT2D eigenvalue weighted by Gasteiger charge is 2.30. The van der Waals surface area contributed by atoms with Gasteiger partial charge < -0.3 is 4.74 Å². The number of nitriles is 1. The molecule has 0 amide bonds. The molecule has 3 aromatic rings. The summed E-state index contributed by atoms with van der Waals surface area (Å²) in [7, 11) is -3.72. The molecule has 0 aromatic heterocycles. The van der Waals surface area contributed by atoms with Crippen LogP contribution in [-0.4, -0.2) is 8.42 Å². The molecule has 0 radical (unpaired) electrons. The van der Waals surface area contributed by atoms with Gasteiger partial charge in [0.25, 0.3) is 0 Å². The number of benzene rings is 3. The zero-order valence-corrected chi connectivity index (χ0v) is 15.4. The highest BCUT2D eigenvalue weighted by Crippen LogP contribution is 2.46. The third-order valence-electron chi connectivity index (χ3n) is 4.58. The molecule has 0 fully saturated rings. The van der Waals surface area contributed by atoms with Crippen LogP contribution in [0, 0.1) is 17.1 Å². The summed E-state index contributed by atoms with van der Waals surface area (Å²) in [6.45, 7) is 0. The van der Waals surface area contributed by atoms with E-state index in [9.17, 15) is 18.1 Å². The Morgan fingerprint density at radius 2 is 1.89 bits per heavy atom. The van der Waals surface area contributed by atoms with E-state index < -0.39 is 21.9 Å². The molecule has 1 heterocycles. The average Bonchev–Trinajstić information content (AvgIpc) is 2.65. The minimum Gasteiger partial charge on any atom is -0.480 e. The maximum atomic E-state index is 13.8. The summed E-state index contributed by atoms with van der Waals surface area (Å²) in [5.41, 5.74) is 3.55. The van der Waals surface area contributed by atoms with Gasteiger partial charge >= 0.3 is 0 Å². The molecule has 0 spiro atoms. The van der Waals surface area contributed by atoms with Crippen LogP contribution in [0.2, 0.25) is 0 Å². The van der Waals surface area contributed by atoms with Crippen molar-refractivity contribution in [3.05, 3.63) is 88.7 Å². The topological polar surface area (TPSA) is 93.2 Å².